The van der Waals surface area contributed by atoms with Gasteiger partial charge in [0.2, 0.25) is 15.9 Å². The van der Waals surface area contributed by atoms with E-state index in [9.17, 15) is 13.2 Å². The second kappa shape index (κ2) is 10.3. The number of aliphatic imine (C=N–C) groups is 1. The van der Waals surface area contributed by atoms with E-state index in [0.717, 1.165) is 0 Å². The van der Waals surface area contributed by atoms with Crippen molar-refractivity contribution >= 4 is 21.9 Å². The minimum atomic E-state index is -3.47. The fourth-order valence-electron chi connectivity index (χ4n) is 3.00. The van der Waals surface area contributed by atoms with Crippen molar-refractivity contribution in [1.29, 1.82) is 0 Å². The highest BCUT2D eigenvalue weighted by Crippen LogP contribution is 2.13. The van der Waals surface area contributed by atoms with E-state index >= 15 is 0 Å². The zero-order valence-electron chi connectivity index (χ0n) is 16.8. The molecule has 0 aromatic carbocycles. The topological polar surface area (TPSA) is 133 Å². The van der Waals surface area contributed by atoms with Crippen LogP contribution in [0.5, 0.6) is 0 Å². The van der Waals surface area contributed by atoms with Gasteiger partial charge in [-0.15, -0.1) is 0 Å². The molecule has 0 unspecified atom stereocenters. The molecule has 1 aliphatic rings. The SMILES string of the molecule is CCNC(=NCC(=O)NCc1ccco1)N1CCN(S(=O)(=O)Cc2ccon2)CC1. The van der Waals surface area contributed by atoms with Gasteiger partial charge in [0.05, 0.1) is 18.5 Å². The maximum absolute atomic E-state index is 12.6. The Hall–Kier alpha value is -2.86. The summed E-state index contributed by atoms with van der Waals surface area (Å²) in [5.74, 6) is 0.838. The van der Waals surface area contributed by atoms with Crippen molar-refractivity contribution in [2.45, 2.75) is 19.2 Å². The first kappa shape index (κ1) is 21.8. The molecule has 1 saturated heterocycles. The van der Waals surface area contributed by atoms with Crippen LogP contribution in [0.2, 0.25) is 0 Å². The Bertz CT molecular complexity index is 918. The molecule has 0 atom stereocenters. The van der Waals surface area contributed by atoms with Crippen molar-refractivity contribution in [3.8, 4) is 0 Å². The van der Waals surface area contributed by atoms with Crippen molar-refractivity contribution < 1.29 is 22.2 Å². The third-order valence-electron chi connectivity index (χ3n) is 4.50. The first-order valence-corrected chi connectivity index (χ1v) is 11.3. The van der Waals surface area contributed by atoms with Gasteiger partial charge in [-0.2, -0.15) is 4.31 Å². The predicted octanol–water partition coefficient (Wildman–Crippen LogP) is -0.00310. The van der Waals surface area contributed by atoms with Crippen LogP contribution in [0.4, 0.5) is 0 Å². The summed E-state index contributed by atoms with van der Waals surface area (Å²) in [6, 6.07) is 5.08. The number of furan rings is 1. The van der Waals surface area contributed by atoms with Crippen LogP contribution in [0, 0.1) is 0 Å². The lowest BCUT2D eigenvalue weighted by Crippen LogP contribution is -2.54. The summed E-state index contributed by atoms with van der Waals surface area (Å²) in [6.07, 6.45) is 2.90. The molecule has 0 radical (unpaired) electrons. The number of nitrogens with zero attached hydrogens (tertiary/aromatic N) is 4. The fourth-order valence-corrected chi connectivity index (χ4v) is 4.42. The van der Waals surface area contributed by atoms with Crippen molar-refractivity contribution in [3.63, 3.8) is 0 Å². The molecule has 164 valence electrons. The minimum Gasteiger partial charge on any atom is -0.467 e. The number of carbonyl (C=O) groups excluding carboxylic acids is 1. The molecule has 12 heteroatoms. The maximum atomic E-state index is 12.6. The summed E-state index contributed by atoms with van der Waals surface area (Å²) < 4.78 is 36.4. The molecule has 3 rings (SSSR count). The number of hydrogen-bond acceptors (Lipinski definition) is 7. The van der Waals surface area contributed by atoms with Gasteiger partial charge >= 0.3 is 0 Å². The molecule has 3 heterocycles. The predicted molar refractivity (Wildman–Crippen MR) is 109 cm³/mol. The van der Waals surface area contributed by atoms with E-state index < -0.39 is 10.0 Å². The zero-order chi connectivity index (χ0) is 21.4. The third kappa shape index (κ3) is 6.07. The first-order chi connectivity index (χ1) is 14.5. The number of rotatable bonds is 8. The van der Waals surface area contributed by atoms with Crippen LogP contribution in [0.3, 0.4) is 0 Å². The standard InChI is InChI=1S/C18H26N6O5S/c1-2-19-18(21-13-17(25)20-12-16-4-3-10-28-16)23-6-8-24(9-7-23)30(26,27)14-15-5-11-29-22-15/h3-5,10-11H,2,6-9,12-14H2,1H3,(H,19,21)(H,20,25). The Labute approximate surface area is 175 Å². The van der Waals surface area contributed by atoms with Gasteiger partial charge in [0, 0.05) is 38.8 Å². The first-order valence-electron chi connectivity index (χ1n) is 9.67. The smallest absolute Gasteiger partial charge is 0.242 e. The van der Waals surface area contributed by atoms with Gasteiger partial charge in [-0.3, -0.25) is 4.79 Å². The number of hydrogen-bond donors (Lipinski definition) is 2. The van der Waals surface area contributed by atoms with Gasteiger partial charge in [-0.05, 0) is 19.1 Å². The average Bonchev–Trinajstić information content (AvgIpc) is 3.43. The Morgan fingerprint density at radius 2 is 2.00 bits per heavy atom. The molecular formula is C18H26N6O5S. The minimum absolute atomic E-state index is 0.0340. The van der Waals surface area contributed by atoms with Crippen LogP contribution < -0.4 is 10.6 Å². The normalized spacial score (nSPS) is 15.9. The third-order valence-corrected chi connectivity index (χ3v) is 6.31. The van der Waals surface area contributed by atoms with E-state index in [2.05, 4.69) is 20.8 Å². The van der Waals surface area contributed by atoms with Crippen molar-refractivity contribution in [1.82, 2.24) is 25.0 Å². The van der Waals surface area contributed by atoms with Gasteiger partial charge in [-0.25, -0.2) is 13.4 Å². The average molecular weight is 439 g/mol. The second-order valence-electron chi connectivity index (χ2n) is 6.66. The molecule has 0 spiro atoms. The number of sulfonamides is 1. The van der Waals surface area contributed by atoms with E-state index in [0.29, 0.717) is 56.7 Å². The molecule has 0 aliphatic carbocycles. The molecule has 2 aromatic heterocycles. The van der Waals surface area contributed by atoms with Crippen molar-refractivity contribution in [2.24, 2.45) is 4.99 Å². The highest BCUT2D eigenvalue weighted by molar-refractivity contribution is 7.88. The number of nitrogens with one attached hydrogen (secondary N) is 2. The van der Waals surface area contributed by atoms with E-state index in [1.807, 2.05) is 11.8 Å². The number of aromatic nitrogens is 1. The quantitative estimate of drug-likeness (QED) is 0.435. The second-order valence-corrected chi connectivity index (χ2v) is 8.63. The maximum Gasteiger partial charge on any atom is 0.242 e. The molecule has 2 aromatic rings. The summed E-state index contributed by atoms with van der Waals surface area (Å²) in [5.41, 5.74) is 0.382. The van der Waals surface area contributed by atoms with E-state index in [1.165, 1.54) is 10.6 Å². The lowest BCUT2D eigenvalue weighted by atomic mass is 10.4. The van der Waals surface area contributed by atoms with Crippen molar-refractivity contribution in [3.05, 3.63) is 42.2 Å². The van der Waals surface area contributed by atoms with E-state index in [-0.39, 0.29) is 18.2 Å². The van der Waals surface area contributed by atoms with Gasteiger partial charge in [0.15, 0.2) is 5.96 Å². The van der Waals surface area contributed by atoms with Crippen LogP contribution in [0.1, 0.15) is 18.4 Å². The molecule has 0 bridgehead atoms. The largest absolute Gasteiger partial charge is 0.467 e. The number of piperazine rings is 1. The van der Waals surface area contributed by atoms with Crippen molar-refractivity contribution in [2.75, 3.05) is 39.3 Å². The van der Waals surface area contributed by atoms with Crippen LogP contribution in [0.25, 0.3) is 0 Å². The summed E-state index contributed by atoms with van der Waals surface area (Å²) in [5, 5.41) is 9.57. The molecule has 0 saturated carbocycles. The summed E-state index contributed by atoms with van der Waals surface area (Å²) in [7, 11) is -3.47. The van der Waals surface area contributed by atoms with E-state index in [1.54, 1.807) is 24.5 Å². The zero-order valence-corrected chi connectivity index (χ0v) is 17.6. The number of amides is 1. The highest BCUT2D eigenvalue weighted by Gasteiger charge is 2.29. The lowest BCUT2D eigenvalue weighted by Gasteiger charge is -2.35. The Kier molecular flexibility index (Phi) is 7.46. The van der Waals surface area contributed by atoms with Crippen LogP contribution >= 0.6 is 0 Å². The van der Waals surface area contributed by atoms with Gasteiger partial charge in [-0.1, -0.05) is 5.16 Å². The molecule has 1 fully saturated rings. The molecular weight excluding hydrogens is 412 g/mol. The summed E-state index contributed by atoms with van der Waals surface area (Å²) in [4.78, 5) is 18.4. The van der Waals surface area contributed by atoms with Gasteiger partial charge in [0.25, 0.3) is 0 Å². The summed E-state index contributed by atoms with van der Waals surface area (Å²) in [6.45, 7) is 4.44. The van der Waals surface area contributed by atoms with Crippen LogP contribution in [0.15, 0.2) is 44.7 Å². The lowest BCUT2D eigenvalue weighted by molar-refractivity contribution is -0.119. The van der Waals surface area contributed by atoms with Crippen LogP contribution in [-0.2, 0) is 27.1 Å². The Morgan fingerprint density at radius 3 is 2.63 bits per heavy atom. The molecule has 30 heavy (non-hydrogen) atoms. The molecule has 1 amide bonds. The Balaban J connectivity index is 1.51. The fraction of sp³-hybridized carbons (Fsp3) is 0.500. The van der Waals surface area contributed by atoms with Gasteiger partial charge in [0.1, 0.15) is 24.3 Å². The monoisotopic (exact) mass is 438 g/mol. The summed E-state index contributed by atoms with van der Waals surface area (Å²) >= 11 is 0. The molecule has 11 nitrogen and oxygen atoms in total. The highest BCUT2D eigenvalue weighted by atomic mass is 32.2. The van der Waals surface area contributed by atoms with Gasteiger partial charge < -0.3 is 24.5 Å². The molecule has 1 aliphatic heterocycles. The number of carbonyl (C=O) groups is 1. The van der Waals surface area contributed by atoms with Crippen LogP contribution in [-0.4, -0.2) is 73.9 Å². The van der Waals surface area contributed by atoms with E-state index in [4.69, 9.17) is 8.94 Å². The number of guanidine groups is 1. The Morgan fingerprint density at radius 1 is 1.20 bits per heavy atom. The molecule has 2 N–H and O–H groups in total.